The summed E-state index contributed by atoms with van der Waals surface area (Å²) in [5.74, 6) is 0. The Morgan fingerprint density at radius 1 is 1.29 bits per heavy atom. The second-order valence-corrected chi connectivity index (χ2v) is 5.59. The zero-order valence-electron chi connectivity index (χ0n) is 8.03. The maximum atomic E-state index is 11.3. The molecule has 0 atom stereocenters. The monoisotopic (exact) mass is 208 g/mol. The average molecular weight is 208 g/mol. The Balaban J connectivity index is 2.56. The van der Waals surface area contributed by atoms with E-state index < -0.39 is 9.84 Å². The van der Waals surface area contributed by atoms with Crippen LogP contribution in [-0.4, -0.2) is 14.7 Å². The predicted octanol–water partition coefficient (Wildman–Crippen LogP) is 2.05. The fraction of sp³-hybridized carbons (Fsp3) is 0.273. The van der Waals surface area contributed by atoms with E-state index in [0.717, 1.165) is 18.4 Å². The molecule has 1 aromatic carbocycles. The van der Waals surface area contributed by atoms with E-state index in [0.29, 0.717) is 4.90 Å². The molecule has 0 saturated heterocycles. The minimum absolute atomic E-state index is 0.405. The minimum Gasteiger partial charge on any atom is -0.224 e. The lowest BCUT2D eigenvalue weighted by molar-refractivity contribution is 0.602. The molecule has 2 nitrogen and oxygen atoms in total. The largest absolute Gasteiger partial charge is 0.224 e. The van der Waals surface area contributed by atoms with Gasteiger partial charge in [-0.1, -0.05) is 18.2 Å². The van der Waals surface area contributed by atoms with Crippen LogP contribution >= 0.6 is 0 Å². The summed E-state index contributed by atoms with van der Waals surface area (Å²) in [4.78, 5) is 0.405. The molecule has 0 aliphatic heterocycles. The third-order valence-corrected chi connectivity index (χ3v) is 3.53. The van der Waals surface area contributed by atoms with E-state index in [1.807, 2.05) is 12.1 Å². The summed E-state index contributed by atoms with van der Waals surface area (Å²) >= 11 is 0. The molecule has 14 heavy (non-hydrogen) atoms. The van der Waals surface area contributed by atoms with Crippen LogP contribution in [0.5, 0.6) is 0 Å². The van der Waals surface area contributed by atoms with Crippen LogP contribution in [0.15, 0.2) is 29.2 Å². The zero-order chi connectivity index (χ0) is 10.2. The van der Waals surface area contributed by atoms with Crippen LogP contribution in [0.1, 0.15) is 17.5 Å². The number of rotatable bonds is 1. The second kappa shape index (κ2) is 3.24. The number of hydrogen-bond acceptors (Lipinski definition) is 2. The Morgan fingerprint density at radius 2 is 2.07 bits per heavy atom. The predicted molar refractivity (Wildman–Crippen MR) is 56.9 cm³/mol. The molecule has 1 aliphatic carbocycles. The molecule has 0 N–H and O–H groups in total. The summed E-state index contributed by atoms with van der Waals surface area (Å²) in [5.41, 5.74) is 2.28. The molecule has 0 unspecified atom stereocenters. The smallest absolute Gasteiger partial charge is 0.175 e. The third kappa shape index (κ3) is 1.73. The third-order valence-electron chi connectivity index (χ3n) is 2.42. The molecule has 0 heterocycles. The van der Waals surface area contributed by atoms with E-state index in [1.54, 1.807) is 12.1 Å². The summed E-state index contributed by atoms with van der Waals surface area (Å²) in [6.07, 6.45) is 7.37. The lowest BCUT2D eigenvalue weighted by Crippen LogP contribution is -2.00. The Bertz CT molecular complexity index is 484. The molecule has 0 radical (unpaired) electrons. The van der Waals surface area contributed by atoms with E-state index in [-0.39, 0.29) is 0 Å². The van der Waals surface area contributed by atoms with Gasteiger partial charge >= 0.3 is 0 Å². The van der Waals surface area contributed by atoms with Crippen molar-refractivity contribution < 1.29 is 8.42 Å². The maximum absolute atomic E-state index is 11.3. The molecule has 0 saturated carbocycles. The van der Waals surface area contributed by atoms with Gasteiger partial charge in [-0.2, -0.15) is 0 Å². The molecule has 0 aromatic heterocycles. The van der Waals surface area contributed by atoms with Crippen LogP contribution in [0.3, 0.4) is 0 Å². The lowest BCUT2D eigenvalue weighted by Gasteiger charge is -2.10. The topological polar surface area (TPSA) is 34.1 Å². The van der Waals surface area contributed by atoms with Gasteiger partial charge < -0.3 is 0 Å². The number of hydrogen-bond donors (Lipinski definition) is 0. The normalized spacial score (nSPS) is 15.2. The van der Waals surface area contributed by atoms with Crippen molar-refractivity contribution >= 4 is 15.9 Å². The Labute approximate surface area is 84.2 Å². The molecular weight excluding hydrogens is 196 g/mol. The van der Waals surface area contributed by atoms with E-state index in [1.165, 1.54) is 11.8 Å². The zero-order valence-corrected chi connectivity index (χ0v) is 8.84. The molecule has 1 aliphatic rings. The Kier molecular flexibility index (Phi) is 2.19. The van der Waals surface area contributed by atoms with E-state index in [2.05, 4.69) is 6.08 Å². The summed E-state index contributed by atoms with van der Waals surface area (Å²) < 4.78 is 22.6. The number of sulfone groups is 1. The minimum atomic E-state index is -3.07. The number of allylic oxidation sites excluding steroid dienone is 1. The highest BCUT2D eigenvalue weighted by Crippen LogP contribution is 2.22. The summed E-state index contributed by atoms with van der Waals surface area (Å²) in [6, 6.07) is 5.35. The maximum Gasteiger partial charge on any atom is 0.175 e. The Morgan fingerprint density at radius 3 is 2.79 bits per heavy atom. The molecule has 0 bridgehead atoms. The van der Waals surface area contributed by atoms with Crippen LogP contribution in [0, 0.1) is 0 Å². The van der Waals surface area contributed by atoms with Gasteiger partial charge in [-0.25, -0.2) is 8.42 Å². The van der Waals surface area contributed by atoms with Crippen molar-refractivity contribution in [2.24, 2.45) is 0 Å². The van der Waals surface area contributed by atoms with Crippen molar-refractivity contribution in [2.75, 3.05) is 6.26 Å². The van der Waals surface area contributed by atoms with Crippen molar-refractivity contribution in [3.8, 4) is 0 Å². The molecule has 0 spiro atoms. The Hall–Kier alpha value is -1.09. The fourth-order valence-electron chi connectivity index (χ4n) is 1.64. The molecule has 3 heteroatoms. The van der Waals surface area contributed by atoms with Gasteiger partial charge in [-0.05, 0) is 36.1 Å². The standard InChI is InChI=1S/C11H12O2S/c1-14(12,13)11-7-6-9-4-2-3-5-10(9)8-11/h3,5-8H,2,4H2,1H3. The van der Waals surface area contributed by atoms with Gasteiger partial charge in [0.25, 0.3) is 0 Å². The first-order valence-corrected chi connectivity index (χ1v) is 6.46. The molecule has 0 fully saturated rings. The van der Waals surface area contributed by atoms with Crippen molar-refractivity contribution in [1.82, 2.24) is 0 Å². The SMILES string of the molecule is CS(=O)(=O)c1ccc2c(c1)C=CCC2. The van der Waals surface area contributed by atoms with Crippen LogP contribution < -0.4 is 0 Å². The van der Waals surface area contributed by atoms with Gasteiger partial charge in [-0.3, -0.25) is 0 Å². The summed E-state index contributed by atoms with van der Waals surface area (Å²) in [5, 5.41) is 0. The van der Waals surface area contributed by atoms with E-state index in [4.69, 9.17) is 0 Å². The van der Waals surface area contributed by atoms with Crippen LogP contribution in [0.4, 0.5) is 0 Å². The van der Waals surface area contributed by atoms with Gasteiger partial charge in [-0.15, -0.1) is 0 Å². The van der Waals surface area contributed by atoms with E-state index in [9.17, 15) is 8.42 Å². The number of benzene rings is 1. The second-order valence-electron chi connectivity index (χ2n) is 3.57. The molecule has 74 valence electrons. The molecular formula is C11H12O2S. The number of aryl methyl sites for hydroxylation is 1. The van der Waals surface area contributed by atoms with E-state index >= 15 is 0 Å². The van der Waals surface area contributed by atoms with Crippen molar-refractivity contribution in [1.29, 1.82) is 0 Å². The first kappa shape index (κ1) is 9.46. The highest BCUT2D eigenvalue weighted by molar-refractivity contribution is 7.90. The molecule has 2 rings (SSSR count). The summed E-state index contributed by atoms with van der Waals surface area (Å²) in [7, 11) is -3.07. The molecule has 1 aromatic rings. The van der Waals surface area contributed by atoms with Gasteiger partial charge in [0.1, 0.15) is 0 Å². The number of fused-ring (bicyclic) bond motifs is 1. The summed E-state index contributed by atoms with van der Waals surface area (Å²) in [6.45, 7) is 0. The fourth-order valence-corrected chi connectivity index (χ4v) is 2.29. The van der Waals surface area contributed by atoms with Crippen LogP contribution in [-0.2, 0) is 16.3 Å². The van der Waals surface area contributed by atoms with Gasteiger partial charge in [0, 0.05) is 6.26 Å². The van der Waals surface area contributed by atoms with Crippen LogP contribution in [0.25, 0.3) is 6.08 Å². The first-order valence-electron chi connectivity index (χ1n) is 4.57. The first-order chi connectivity index (χ1) is 6.57. The molecule has 0 amide bonds. The lowest BCUT2D eigenvalue weighted by atomic mass is 9.98. The average Bonchev–Trinajstić information content (AvgIpc) is 2.16. The van der Waals surface area contributed by atoms with Crippen molar-refractivity contribution in [3.05, 3.63) is 35.4 Å². The van der Waals surface area contributed by atoms with Gasteiger partial charge in [0.05, 0.1) is 4.90 Å². The highest BCUT2D eigenvalue weighted by atomic mass is 32.2. The van der Waals surface area contributed by atoms with Gasteiger partial charge in [0.15, 0.2) is 9.84 Å². The quantitative estimate of drug-likeness (QED) is 0.708. The van der Waals surface area contributed by atoms with Crippen molar-refractivity contribution in [3.63, 3.8) is 0 Å². The van der Waals surface area contributed by atoms with Crippen LogP contribution in [0.2, 0.25) is 0 Å². The van der Waals surface area contributed by atoms with Gasteiger partial charge in [0.2, 0.25) is 0 Å². The highest BCUT2D eigenvalue weighted by Gasteiger charge is 2.10. The van der Waals surface area contributed by atoms with Crippen molar-refractivity contribution in [2.45, 2.75) is 17.7 Å².